The number of amides is 2. The van der Waals surface area contributed by atoms with E-state index in [2.05, 4.69) is 9.73 Å². The maximum atomic E-state index is 12.5. The number of ether oxygens (including phenoxy) is 1. The van der Waals surface area contributed by atoms with Gasteiger partial charge in [-0.05, 0) is 5.92 Å². The molecule has 0 aromatic carbocycles. The summed E-state index contributed by atoms with van der Waals surface area (Å²) in [5.74, 6) is -3.20. The molecular formula is C15H24N6O6. The molecule has 0 aromatic rings. The SMILES string of the molecule is COC(=O)C1=C(O)[NH+]([O-])CN2CC(C)CN(N(C)C(=O)C(=O)N(C)C)C2=N1. The predicted octanol–water partition coefficient (Wildman–Crippen LogP) is -2.69. The standard InChI is InChI=1S/C15H24N6O6/c1-9-6-19-8-21(26)11(22)10(14(25)27-5)16-15(19)20(7-9)18(4)13(24)12(23)17(2)3/h9,21-22H,6-8H2,1-5H3. The van der Waals surface area contributed by atoms with Crippen molar-refractivity contribution in [2.75, 3.05) is 48.0 Å². The number of rotatable bonds is 2. The number of likely N-dealkylation sites (N-methyl/N-ethyl adjacent to an activating group) is 2. The van der Waals surface area contributed by atoms with Crippen molar-refractivity contribution in [1.29, 1.82) is 0 Å². The van der Waals surface area contributed by atoms with Gasteiger partial charge in [-0.1, -0.05) is 6.92 Å². The normalized spacial score (nSPS) is 22.5. The molecule has 1 saturated heterocycles. The molecule has 2 aliphatic rings. The molecule has 0 radical (unpaired) electrons. The zero-order valence-corrected chi connectivity index (χ0v) is 15.9. The number of hydroxylamine groups is 2. The molecule has 0 aliphatic carbocycles. The van der Waals surface area contributed by atoms with E-state index in [0.717, 1.165) is 17.0 Å². The highest BCUT2D eigenvalue weighted by atomic mass is 16.5. The molecule has 2 rings (SSSR count). The van der Waals surface area contributed by atoms with Gasteiger partial charge in [-0.2, -0.15) is 4.99 Å². The molecule has 0 saturated carbocycles. The Balaban J connectivity index is 2.47. The molecule has 27 heavy (non-hydrogen) atoms. The summed E-state index contributed by atoms with van der Waals surface area (Å²) in [5.41, 5.74) is -0.542. The maximum absolute atomic E-state index is 12.5. The minimum atomic E-state index is -0.980. The summed E-state index contributed by atoms with van der Waals surface area (Å²) in [5, 5.41) is 24.1. The highest BCUT2D eigenvalue weighted by Crippen LogP contribution is 2.19. The first-order valence-electron chi connectivity index (χ1n) is 8.23. The van der Waals surface area contributed by atoms with Crippen LogP contribution in [0.3, 0.4) is 0 Å². The Kier molecular flexibility index (Phi) is 5.91. The fourth-order valence-corrected chi connectivity index (χ4v) is 2.79. The summed E-state index contributed by atoms with van der Waals surface area (Å²) in [6, 6.07) is 0. The van der Waals surface area contributed by atoms with Gasteiger partial charge in [0.1, 0.15) is 0 Å². The van der Waals surface area contributed by atoms with Crippen molar-refractivity contribution in [3.63, 3.8) is 0 Å². The lowest BCUT2D eigenvalue weighted by atomic mass is 10.1. The van der Waals surface area contributed by atoms with E-state index in [1.165, 1.54) is 26.2 Å². The quantitative estimate of drug-likeness (QED) is 0.299. The van der Waals surface area contributed by atoms with Gasteiger partial charge in [0.05, 0.1) is 7.11 Å². The zero-order chi connectivity index (χ0) is 20.5. The van der Waals surface area contributed by atoms with Crippen molar-refractivity contribution >= 4 is 23.7 Å². The Labute approximate surface area is 156 Å². The third-order valence-electron chi connectivity index (χ3n) is 4.19. The monoisotopic (exact) mass is 384 g/mol. The van der Waals surface area contributed by atoms with Crippen molar-refractivity contribution in [3.05, 3.63) is 16.8 Å². The molecule has 2 N–H and O–H groups in total. The first-order valence-corrected chi connectivity index (χ1v) is 8.23. The summed E-state index contributed by atoms with van der Waals surface area (Å²) in [6.07, 6.45) is 0. The number of hydrogen-bond acceptors (Lipinski definition) is 9. The minimum absolute atomic E-state index is 0.0169. The van der Waals surface area contributed by atoms with E-state index < -0.39 is 34.4 Å². The van der Waals surface area contributed by atoms with E-state index in [1.807, 2.05) is 6.92 Å². The Bertz CT molecular complexity index is 705. The van der Waals surface area contributed by atoms with Gasteiger partial charge >= 0.3 is 23.7 Å². The number of nitrogens with zero attached hydrogens (tertiary/aromatic N) is 5. The van der Waals surface area contributed by atoms with E-state index in [4.69, 9.17) is 0 Å². The number of aliphatic imine (C=N–C) groups is 1. The number of hydrogen-bond donors (Lipinski definition) is 2. The van der Waals surface area contributed by atoms with E-state index in [9.17, 15) is 24.7 Å². The highest BCUT2D eigenvalue weighted by Gasteiger charge is 2.39. The van der Waals surface area contributed by atoms with Gasteiger partial charge in [0.25, 0.3) is 5.70 Å². The maximum Gasteiger partial charge on any atom is 0.366 e. The van der Waals surface area contributed by atoms with Crippen LogP contribution < -0.4 is 5.06 Å². The second-order valence-corrected chi connectivity index (χ2v) is 6.62. The van der Waals surface area contributed by atoms with E-state index in [1.54, 1.807) is 4.90 Å². The van der Waals surface area contributed by atoms with Crippen LogP contribution in [0.2, 0.25) is 0 Å². The second-order valence-electron chi connectivity index (χ2n) is 6.62. The predicted molar refractivity (Wildman–Crippen MR) is 92.3 cm³/mol. The number of esters is 1. The number of nitrogens with one attached hydrogen (secondary N) is 1. The summed E-state index contributed by atoms with van der Waals surface area (Å²) in [6.45, 7) is 2.42. The van der Waals surface area contributed by atoms with Crippen LogP contribution in [0.4, 0.5) is 0 Å². The van der Waals surface area contributed by atoms with E-state index in [-0.39, 0.29) is 18.5 Å². The number of carbonyl (C=O) groups excluding carboxylic acids is 3. The number of methoxy groups -OCH3 is 1. The Morgan fingerprint density at radius 3 is 2.44 bits per heavy atom. The van der Waals surface area contributed by atoms with Gasteiger partial charge in [-0.3, -0.25) is 24.6 Å². The number of guanidine groups is 1. The lowest BCUT2D eigenvalue weighted by Gasteiger charge is -2.44. The molecule has 2 unspecified atom stereocenters. The van der Waals surface area contributed by atoms with Crippen LogP contribution >= 0.6 is 0 Å². The number of aliphatic hydroxyl groups excluding tert-OH is 1. The fourth-order valence-electron chi connectivity index (χ4n) is 2.79. The molecule has 12 heteroatoms. The van der Waals surface area contributed by atoms with Crippen LogP contribution in [0.15, 0.2) is 16.6 Å². The molecule has 12 nitrogen and oxygen atoms in total. The highest BCUT2D eigenvalue weighted by molar-refractivity contribution is 6.34. The van der Waals surface area contributed by atoms with Crippen molar-refractivity contribution < 1.29 is 29.3 Å². The van der Waals surface area contributed by atoms with E-state index in [0.29, 0.717) is 13.1 Å². The molecule has 2 atom stereocenters. The minimum Gasteiger partial charge on any atom is -0.625 e. The van der Waals surface area contributed by atoms with Gasteiger partial charge in [0.2, 0.25) is 5.96 Å². The summed E-state index contributed by atoms with van der Waals surface area (Å²) >= 11 is 0. The molecule has 2 heterocycles. The summed E-state index contributed by atoms with van der Waals surface area (Å²) in [7, 11) is 5.41. The Hall–Kier alpha value is -2.86. The molecule has 0 bridgehead atoms. The molecule has 0 aromatic heterocycles. The molecule has 1 fully saturated rings. The number of quaternary nitrogens is 1. The van der Waals surface area contributed by atoms with Crippen molar-refractivity contribution in [1.82, 2.24) is 19.8 Å². The number of aliphatic hydroxyl groups is 1. The van der Waals surface area contributed by atoms with Gasteiger partial charge in [-0.15, -0.1) is 0 Å². The number of hydrazine groups is 1. The van der Waals surface area contributed by atoms with Crippen molar-refractivity contribution in [3.8, 4) is 0 Å². The van der Waals surface area contributed by atoms with Crippen LogP contribution in [-0.2, 0) is 19.1 Å². The lowest BCUT2D eigenvalue weighted by molar-refractivity contribution is -0.834. The third-order valence-corrected chi connectivity index (χ3v) is 4.19. The molecule has 2 amide bonds. The van der Waals surface area contributed by atoms with Crippen molar-refractivity contribution in [2.45, 2.75) is 6.92 Å². The van der Waals surface area contributed by atoms with E-state index >= 15 is 0 Å². The lowest BCUT2D eigenvalue weighted by Crippen LogP contribution is -3.07. The van der Waals surface area contributed by atoms with Crippen LogP contribution in [0, 0.1) is 11.1 Å². The summed E-state index contributed by atoms with van der Waals surface area (Å²) < 4.78 is 4.58. The van der Waals surface area contributed by atoms with Gasteiger partial charge in [0.15, 0.2) is 6.67 Å². The first kappa shape index (κ1) is 20.5. The largest absolute Gasteiger partial charge is 0.625 e. The Morgan fingerprint density at radius 2 is 1.89 bits per heavy atom. The third kappa shape index (κ3) is 3.95. The van der Waals surface area contributed by atoms with Crippen LogP contribution in [0.1, 0.15) is 6.92 Å². The average Bonchev–Trinajstić information content (AvgIpc) is 2.75. The Morgan fingerprint density at radius 1 is 1.26 bits per heavy atom. The van der Waals surface area contributed by atoms with Crippen LogP contribution in [0.5, 0.6) is 0 Å². The smallest absolute Gasteiger partial charge is 0.366 e. The van der Waals surface area contributed by atoms with Gasteiger partial charge in [0, 0.05) is 34.2 Å². The fraction of sp³-hybridized carbons (Fsp3) is 0.600. The number of fused-ring (bicyclic) bond motifs is 1. The van der Waals surface area contributed by atoms with Gasteiger partial charge < -0.3 is 20.0 Å². The molecular weight excluding hydrogens is 360 g/mol. The zero-order valence-electron chi connectivity index (χ0n) is 15.9. The second kappa shape index (κ2) is 7.80. The van der Waals surface area contributed by atoms with Gasteiger partial charge in [-0.25, -0.2) is 9.80 Å². The molecule has 0 spiro atoms. The first-order chi connectivity index (χ1) is 12.6. The van der Waals surface area contributed by atoms with Crippen LogP contribution in [0.25, 0.3) is 0 Å². The van der Waals surface area contributed by atoms with Crippen LogP contribution in [-0.4, -0.2) is 96.7 Å². The number of carbonyl (C=O) groups is 3. The summed E-state index contributed by atoms with van der Waals surface area (Å²) in [4.78, 5) is 43.2. The average molecular weight is 384 g/mol. The topological polar surface area (TPSA) is 133 Å². The molecule has 2 aliphatic heterocycles. The molecule has 150 valence electrons. The van der Waals surface area contributed by atoms with Crippen molar-refractivity contribution in [2.24, 2.45) is 10.9 Å².